The molecule has 1 aliphatic rings. The Morgan fingerprint density at radius 2 is 2.28 bits per heavy atom. The van der Waals surface area contributed by atoms with Crippen LogP contribution in [0.5, 0.6) is 0 Å². The zero-order valence-corrected chi connectivity index (χ0v) is 11.0. The van der Waals surface area contributed by atoms with E-state index in [9.17, 15) is 4.79 Å². The van der Waals surface area contributed by atoms with Crippen LogP contribution in [-0.2, 0) is 22.4 Å². The van der Waals surface area contributed by atoms with E-state index in [0.29, 0.717) is 18.1 Å². The molecule has 100 valence electrons. The molecule has 1 aromatic heterocycles. The van der Waals surface area contributed by atoms with E-state index < -0.39 is 0 Å². The molecule has 5 heteroatoms. The molecule has 0 radical (unpaired) electrons. The minimum atomic E-state index is 0.00188. The van der Waals surface area contributed by atoms with Crippen LogP contribution in [-0.4, -0.2) is 28.6 Å². The summed E-state index contributed by atoms with van der Waals surface area (Å²) in [5, 5.41) is 3.90. The Bertz CT molecular complexity index is 395. The van der Waals surface area contributed by atoms with Gasteiger partial charge in [0.15, 0.2) is 5.82 Å². The predicted octanol–water partition coefficient (Wildman–Crippen LogP) is 1.95. The van der Waals surface area contributed by atoms with Crippen molar-refractivity contribution < 1.29 is 14.1 Å². The number of hydrogen-bond acceptors (Lipinski definition) is 5. The third kappa shape index (κ3) is 3.63. The standard InChI is InChI=1S/C13H20N2O3/c1-9(2)11(16)8-13-14-12(15-18-13)7-10-5-3-4-6-17-10/h9-10H,3-8H2,1-2H3. The smallest absolute Gasteiger partial charge is 0.234 e. The second-order valence-corrected chi connectivity index (χ2v) is 5.09. The zero-order chi connectivity index (χ0) is 13.0. The summed E-state index contributed by atoms with van der Waals surface area (Å²) >= 11 is 0. The average molecular weight is 252 g/mol. The maximum absolute atomic E-state index is 11.6. The van der Waals surface area contributed by atoms with E-state index >= 15 is 0 Å². The van der Waals surface area contributed by atoms with Crippen molar-refractivity contribution in [3.63, 3.8) is 0 Å². The molecule has 0 saturated carbocycles. The SMILES string of the molecule is CC(C)C(=O)Cc1nc(CC2CCCCO2)no1. The minimum absolute atomic E-state index is 0.00188. The Hall–Kier alpha value is -1.23. The molecule has 0 spiro atoms. The van der Waals surface area contributed by atoms with Gasteiger partial charge < -0.3 is 9.26 Å². The van der Waals surface area contributed by atoms with E-state index in [1.54, 1.807) is 0 Å². The molecule has 0 amide bonds. The first-order valence-corrected chi connectivity index (χ1v) is 6.61. The Labute approximate surface area is 107 Å². The largest absolute Gasteiger partial charge is 0.378 e. The van der Waals surface area contributed by atoms with Crippen LogP contribution in [0.15, 0.2) is 4.52 Å². The molecule has 1 atom stereocenters. The lowest BCUT2D eigenvalue weighted by molar-refractivity contribution is -0.121. The second-order valence-electron chi connectivity index (χ2n) is 5.09. The number of ether oxygens (including phenoxy) is 1. The van der Waals surface area contributed by atoms with Crippen molar-refractivity contribution in [3.05, 3.63) is 11.7 Å². The van der Waals surface area contributed by atoms with E-state index in [-0.39, 0.29) is 24.2 Å². The molecule has 0 bridgehead atoms. The first-order valence-electron chi connectivity index (χ1n) is 6.61. The Morgan fingerprint density at radius 3 is 2.94 bits per heavy atom. The van der Waals surface area contributed by atoms with Gasteiger partial charge in [-0.3, -0.25) is 4.79 Å². The minimum Gasteiger partial charge on any atom is -0.378 e. The highest BCUT2D eigenvalue weighted by molar-refractivity contribution is 5.81. The van der Waals surface area contributed by atoms with Gasteiger partial charge in [-0.25, -0.2) is 0 Å². The van der Waals surface area contributed by atoms with Crippen molar-refractivity contribution in [2.24, 2.45) is 5.92 Å². The van der Waals surface area contributed by atoms with Gasteiger partial charge in [0.2, 0.25) is 5.89 Å². The van der Waals surface area contributed by atoms with Gasteiger partial charge in [-0.15, -0.1) is 0 Å². The molecular weight excluding hydrogens is 232 g/mol. The summed E-state index contributed by atoms with van der Waals surface area (Å²) in [5.74, 6) is 1.19. The van der Waals surface area contributed by atoms with Crippen LogP contribution >= 0.6 is 0 Å². The zero-order valence-electron chi connectivity index (χ0n) is 11.0. The van der Waals surface area contributed by atoms with Gasteiger partial charge in [-0.05, 0) is 19.3 Å². The van der Waals surface area contributed by atoms with Crippen LogP contribution < -0.4 is 0 Å². The quantitative estimate of drug-likeness (QED) is 0.801. The molecule has 0 aliphatic carbocycles. The van der Waals surface area contributed by atoms with Crippen LogP contribution in [0, 0.1) is 5.92 Å². The molecule has 0 aromatic carbocycles. The molecule has 0 N–H and O–H groups in total. The maximum atomic E-state index is 11.6. The van der Waals surface area contributed by atoms with Crippen molar-refractivity contribution in [2.75, 3.05) is 6.61 Å². The van der Waals surface area contributed by atoms with E-state index in [1.807, 2.05) is 13.8 Å². The fraction of sp³-hybridized carbons (Fsp3) is 0.769. The molecular formula is C13H20N2O3. The number of carbonyl (C=O) groups excluding carboxylic acids is 1. The van der Waals surface area contributed by atoms with Gasteiger partial charge in [-0.2, -0.15) is 4.98 Å². The van der Waals surface area contributed by atoms with Gasteiger partial charge in [0.05, 0.1) is 12.5 Å². The second kappa shape index (κ2) is 6.09. The predicted molar refractivity (Wildman–Crippen MR) is 65.1 cm³/mol. The fourth-order valence-electron chi connectivity index (χ4n) is 1.97. The molecule has 1 saturated heterocycles. The summed E-state index contributed by atoms with van der Waals surface area (Å²) in [6.07, 6.45) is 4.49. The first-order chi connectivity index (χ1) is 8.65. The van der Waals surface area contributed by atoms with Gasteiger partial charge in [0, 0.05) is 18.9 Å². The summed E-state index contributed by atoms with van der Waals surface area (Å²) in [4.78, 5) is 15.8. The summed E-state index contributed by atoms with van der Waals surface area (Å²) in [6.45, 7) is 4.56. The normalized spacial score (nSPS) is 20.3. The van der Waals surface area contributed by atoms with Gasteiger partial charge in [-0.1, -0.05) is 19.0 Å². The van der Waals surface area contributed by atoms with Crippen LogP contribution in [0.3, 0.4) is 0 Å². The van der Waals surface area contributed by atoms with Gasteiger partial charge in [0.1, 0.15) is 5.78 Å². The number of carbonyl (C=O) groups is 1. The van der Waals surface area contributed by atoms with Crippen molar-refractivity contribution in [2.45, 2.75) is 52.1 Å². The first kappa shape index (κ1) is 13.2. The highest BCUT2D eigenvalue weighted by Gasteiger charge is 2.19. The summed E-state index contributed by atoms with van der Waals surface area (Å²) in [5.41, 5.74) is 0. The van der Waals surface area contributed by atoms with E-state index in [4.69, 9.17) is 9.26 Å². The topological polar surface area (TPSA) is 65.2 Å². The maximum Gasteiger partial charge on any atom is 0.234 e. The molecule has 2 heterocycles. The Kier molecular flexibility index (Phi) is 4.47. The fourth-order valence-corrected chi connectivity index (χ4v) is 1.97. The lowest BCUT2D eigenvalue weighted by Gasteiger charge is -2.20. The summed E-state index contributed by atoms with van der Waals surface area (Å²) in [7, 11) is 0. The molecule has 5 nitrogen and oxygen atoms in total. The molecule has 18 heavy (non-hydrogen) atoms. The number of rotatable bonds is 5. The van der Waals surface area contributed by atoms with E-state index in [1.165, 1.54) is 6.42 Å². The van der Waals surface area contributed by atoms with Crippen molar-refractivity contribution in [3.8, 4) is 0 Å². The Balaban J connectivity index is 1.87. The van der Waals surface area contributed by atoms with E-state index in [2.05, 4.69) is 10.1 Å². The molecule has 1 aliphatic heterocycles. The monoisotopic (exact) mass is 252 g/mol. The van der Waals surface area contributed by atoms with Gasteiger partial charge in [0.25, 0.3) is 0 Å². The average Bonchev–Trinajstić information content (AvgIpc) is 2.77. The Morgan fingerprint density at radius 1 is 1.44 bits per heavy atom. The van der Waals surface area contributed by atoms with Crippen LogP contribution in [0.4, 0.5) is 0 Å². The van der Waals surface area contributed by atoms with Crippen LogP contribution in [0.2, 0.25) is 0 Å². The number of aromatic nitrogens is 2. The molecule has 2 rings (SSSR count). The van der Waals surface area contributed by atoms with E-state index in [0.717, 1.165) is 19.4 Å². The van der Waals surface area contributed by atoms with Crippen molar-refractivity contribution in [1.29, 1.82) is 0 Å². The molecule has 1 fully saturated rings. The summed E-state index contributed by atoms with van der Waals surface area (Å²) in [6, 6.07) is 0. The van der Waals surface area contributed by atoms with Crippen molar-refractivity contribution >= 4 is 5.78 Å². The molecule has 1 aromatic rings. The highest BCUT2D eigenvalue weighted by atomic mass is 16.5. The number of hydrogen-bond donors (Lipinski definition) is 0. The van der Waals surface area contributed by atoms with Crippen LogP contribution in [0.1, 0.15) is 44.8 Å². The van der Waals surface area contributed by atoms with Gasteiger partial charge >= 0.3 is 0 Å². The number of Topliss-reactive ketones (excluding diaryl/α,β-unsaturated/α-hetero) is 1. The lowest BCUT2D eigenvalue weighted by Crippen LogP contribution is -2.21. The third-order valence-corrected chi connectivity index (χ3v) is 3.16. The van der Waals surface area contributed by atoms with Crippen LogP contribution in [0.25, 0.3) is 0 Å². The third-order valence-electron chi connectivity index (χ3n) is 3.16. The highest BCUT2D eigenvalue weighted by Crippen LogP contribution is 2.16. The molecule has 1 unspecified atom stereocenters. The number of ketones is 1. The van der Waals surface area contributed by atoms with Crippen molar-refractivity contribution in [1.82, 2.24) is 10.1 Å². The summed E-state index contributed by atoms with van der Waals surface area (Å²) < 4.78 is 10.7. The lowest BCUT2D eigenvalue weighted by atomic mass is 10.1. The number of nitrogens with zero attached hydrogens (tertiary/aromatic N) is 2.